The van der Waals surface area contributed by atoms with Crippen LogP contribution >= 0.6 is 0 Å². The predicted molar refractivity (Wildman–Crippen MR) is 192 cm³/mol. The standard InChI is InChI=1S/C39H44FN5O5S/c1-3-37(46)42-31-10-14-33(15-11-31)51(48,49)34-16-12-32(13-17-34)45-24-27(25-45)23-44-20-18-28(19-21-44)39(26-41,29-6-4-7-30(40)22-29)35-8-5-9-36(35)43-38(47)50-2/h3-4,6-7,10-17,22,27-28,35-36H,1,5,8-9,18-21,23-25H2,2H3,(H,42,46)(H,43,47)/t35-,36-,39-/m0/s1. The number of rotatable bonds is 11. The Morgan fingerprint density at radius 3 is 2.29 bits per heavy atom. The lowest BCUT2D eigenvalue weighted by Gasteiger charge is -2.48. The van der Waals surface area contributed by atoms with Crippen LogP contribution in [0.2, 0.25) is 0 Å². The lowest BCUT2D eigenvalue weighted by atomic mass is 9.59. The fraction of sp³-hybridized carbons (Fsp3) is 0.410. The molecule has 3 atom stereocenters. The summed E-state index contributed by atoms with van der Waals surface area (Å²) in [5.41, 5.74) is 1.20. The minimum absolute atomic E-state index is 0.00865. The molecular formula is C39H44FN5O5S. The minimum Gasteiger partial charge on any atom is -0.453 e. The third-order valence-corrected chi connectivity index (χ3v) is 12.7. The normalized spacial score (nSPS) is 21.2. The number of methoxy groups -OCH3 is 1. The molecule has 0 bridgehead atoms. The molecule has 12 heteroatoms. The summed E-state index contributed by atoms with van der Waals surface area (Å²) >= 11 is 0. The number of carbonyl (C=O) groups excluding carboxylic acids is 2. The van der Waals surface area contributed by atoms with Gasteiger partial charge in [-0.1, -0.05) is 25.1 Å². The summed E-state index contributed by atoms with van der Waals surface area (Å²) < 4.78 is 45.9. The van der Waals surface area contributed by atoms with Crippen LogP contribution in [0.5, 0.6) is 0 Å². The third-order valence-electron chi connectivity index (χ3n) is 10.9. The largest absolute Gasteiger partial charge is 0.453 e. The Balaban J connectivity index is 1.05. The van der Waals surface area contributed by atoms with Gasteiger partial charge in [-0.2, -0.15) is 5.26 Å². The summed E-state index contributed by atoms with van der Waals surface area (Å²) in [7, 11) is -2.39. The van der Waals surface area contributed by atoms with Crippen LogP contribution in [0.15, 0.2) is 95.2 Å². The van der Waals surface area contributed by atoms with E-state index in [1.54, 1.807) is 30.3 Å². The molecule has 0 spiro atoms. The summed E-state index contributed by atoms with van der Waals surface area (Å²) in [6.07, 6.45) is 4.63. The highest BCUT2D eigenvalue weighted by Gasteiger charge is 2.52. The van der Waals surface area contributed by atoms with E-state index in [1.165, 1.54) is 31.4 Å². The van der Waals surface area contributed by atoms with Crippen molar-refractivity contribution in [1.82, 2.24) is 10.2 Å². The minimum atomic E-state index is -3.72. The second kappa shape index (κ2) is 15.3. The molecule has 2 heterocycles. The average Bonchev–Trinajstić information content (AvgIpc) is 3.59. The number of benzene rings is 3. The van der Waals surface area contributed by atoms with Gasteiger partial charge in [-0.25, -0.2) is 17.6 Å². The average molecular weight is 714 g/mol. The van der Waals surface area contributed by atoms with E-state index in [4.69, 9.17) is 4.74 Å². The Morgan fingerprint density at radius 1 is 1.02 bits per heavy atom. The molecule has 0 unspecified atom stereocenters. The Kier molecular flexibility index (Phi) is 10.8. The number of carbonyl (C=O) groups is 2. The van der Waals surface area contributed by atoms with E-state index >= 15 is 0 Å². The number of nitrogens with one attached hydrogen (secondary N) is 2. The van der Waals surface area contributed by atoms with Crippen molar-refractivity contribution in [2.24, 2.45) is 17.8 Å². The molecule has 2 N–H and O–H groups in total. The number of hydrogen-bond acceptors (Lipinski definition) is 8. The molecule has 10 nitrogen and oxygen atoms in total. The summed E-state index contributed by atoms with van der Waals surface area (Å²) in [6, 6.07) is 21.9. The van der Waals surface area contributed by atoms with Gasteiger partial charge < -0.3 is 25.2 Å². The molecule has 51 heavy (non-hydrogen) atoms. The van der Waals surface area contributed by atoms with Crippen LogP contribution in [0.3, 0.4) is 0 Å². The van der Waals surface area contributed by atoms with Crippen LogP contribution in [-0.2, 0) is 24.8 Å². The first-order chi connectivity index (χ1) is 24.6. The van der Waals surface area contributed by atoms with Crippen LogP contribution in [0.4, 0.5) is 20.6 Å². The molecule has 0 radical (unpaired) electrons. The third kappa shape index (κ3) is 7.51. The lowest BCUT2D eigenvalue weighted by molar-refractivity contribution is -0.111. The molecular weight excluding hydrogens is 670 g/mol. The predicted octanol–water partition coefficient (Wildman–Crippen LogP) is 5.92. The molecule has 0 aromatic heterocycles. The van der Waals surface area contributed by atoms with Gasteiger partial charge >= 0.3 is 6.09 Å². The lowest BCUT2D eigenvalue weighted by Crippen LogP contribution is -2.55. The molecule has 2 aliphatic heterocycles. The van der Waals surface area contributed by atoms with Gasteiger partial charge in [-0.05, 0) is 117 Å². The molecule has 1 aliphatic carbocycles. The van der Waals surface area contributed by atoms with Gasteiger partial charge in [-0.15, -0.1) is 0 Å². The molecule has 3 aliphatic rings. The first-order valence-corrected chi connectivity index (χ1v) is 18.9. The van der Waals surface area contributed by atoms with Crippen molar-refractivity contribution in [3.05, 3.63) is 96.8 Å². The van der Waals surface area contributed by atoms with E-state index in [1.807, 2.05) is 18.2 Å². The number of likely N-dealkylation sites (tertiary alicyclic amines) is 1. The van der Waals surface area contributed by atoms with Crippen molar-refractivity contribution < 1.29 is 27.1 Å². The van der Waals surface area contributed by atoms with Crippen molar-refractivity contribution in [1.29, 1.82) is 5.26 Å². The number of alkyl carbamates (subject to hydrolysis) is 1. The second-order valence-corrected chi connectivity index (χ2v) is 15.8. The maximum Gasteiger partial charge on any atom is 0.407 e. The maximum absolute atomic E-state index is 14.6. The van der Waals surface area contributed by atoms with Crippen LogP contribution in [0.25, 0.3) is 0 Å². The summed E-state index contributed by atoms with van der Waals surface area (Å²) in [4.78, 5) is 28.8. The van der Waals surface area contributed by atoms with Gasteiger partial charge in [0.1, 0.15) is 5.82 Å². The zero-order chi connectivity index (χ0) is 36.2. The van der Waals surface area contributed by atoms with Gasteiger partial charge in [0.2, 0.25) is 15.7 Å². The van der Waals surface area contributed by atoms with Gasteiger partial charge in [0.15, 0.2) is 0 Å². The van der Waals surface area contributed by atoms with E-state index in [-0.39, 0.29) is 39.4 Å². The van der Waals surface area contributed by atoms with Gasteiger partial charge in [0.25, 0.3) is 0 Å². The highest BCUT2D eigenvalue weighted by molar-refractivity contribution is 7.91. The number of nitriles is 1. The summed E-state index contributed by atoms with van der Waals surface area (Å²) in [6.45, 7) is 7.72. The van der Waals surface area contributed by atoms with Crippen molar-refractivity contribution in [3.8, 4) is 6.07 Å². The molecule has 2 saturated heterocycles. The Hall–Kier alpha value is -4.73. The molecule has 3 fully saturated rings. The fourth-order valence-electron chi connectivity index (χ4n) is 8.34. The Bertz CT molecular complexity index is 1880. The molecule has 2 amide bonds. The Morgan fingerprint density at radius 2 is 1.69 bits per heavy atom. The van der Waals surface area contributed by atoms with Crippen molar-refractivity contribution in [2.45, 2.75) is 53.4 Å². The second-order valence-electron chi connectivity index (χ2n) is 13.8. The number of piperidine rings is 1. The van der Waals surface area contributed by atoms with Crippen molar-refractivity contribution >= 4 is 33.2 Å². The number of anilines is 2. The number of halogens is 1. The quantitative estimate of drug-likeness (QED) is 0.234. The summed E-state index contributed by atoms with van der Waals surface area (Å²) in [5, 5.41) is 16.5. The van der Waals surface area contributed by atoms with Gasteiger partial charge in [0, 0.05) is 48.9 Å². The van der Waals surface area contributed by atoms with E-state index in [9.17, 15) is 27.7 Å². The summed E-state index contributed by atoms with van der Waals surface area (Å²) in [5.74, 6) is -0.429. The number of sulfone groups is 1. The van der Waals surface area contributed by atoms with E-state index in [2.05, 4.69) is 33.1 Å². The van der Waals surface area contributed by atoms with Crippen LogP contribution in [0.1, 0.15) is 37.7 Å². The zero-order valence-corrected chi connectivity index (χ0v) is 29.6. The smallest absolute Gasteiger partial charge is 0.407 e. The zero-order valence-electron chi connectivity index (χ0n) is 28.8. The topological polar surface area (TPSA) is 132 Å². The first kappa shape index (κ1) is 36.1. The Labute approximate surface area is 299 Å². The molecule has 268 valence electrons. The fourth-order valence-corrected chi connectivity index (χ4v) is 9.60. The van der Waals surface area contributed by atoms with Crippen molar-refractivity contribution in [3.63, 3.8) is 0 Å². The SMILES string of the molecule is C=CC(=O)Nc1ccc(S(=O)(=O)c2ccc(N3CC(CN4CCC([C@@](C#N)(c5cccc(F)c5)[C@H]5CCC[C@@H]5NC(=O)OC)CC4)C3)cc2)cc1. The van der Waals surface area contributed by atoms with E-state index < -0.39 is 21.3 Å². The van der Waals surface area contributed by atoms with Crippen LogP contribution < -0.4 is 15.5 Å². The number of nitrogens with zero attached hydrogens (tertiary/aromatic N) is 3. The number of ether oxygens (including phenoxy) is 1. The number of amides is 2. The maximum atomic E-state index is 14.6. The number of hydrogen-bond donors (Lipinski definition) is 2. The molecule has 1 saturated carbocycles. The van der Waals surface area contributed by atoms with E-state index in [0.717, 1.165) is 76.6 Å². The molecule has 3 aromatic rings. The highest BCUT2D eigenvalue weighted by Crippen LogP contribution is 2.50. The van der Waals surface area contributed by atoms with E-state index in [0.29, 0.717) is 17.2 Å². The van der Waals surface area contributed by atoms with Gasteiger partial charge in [-0.3, -0.25) is 4.79 Å². The molecule has 6 rings (SSSR count). The van der Waals surface area contributed by atoms with Crippen LogP contribution in [0, 0.1) is 34.9 Å². The molecule has 3 aromatic carbocycles. The van der Waals surface area contributed by atoms with Crippen molar-refractivity contribution in [2.75, 3.05) is 50.1 Å². The van der Waals surface area contributed by atoms with Crippen LogP contribution in [-0.4, -0.2) is 71.2 Å². The highest BCUT2D eigenvalue weighted by atomic mass is 32.2. The first-order valence-electron chi connectivity index (χ1n) is 17.4. The monoisotopic (exact) mass is 713 g/mol. The van der Waals surface area contributed by atoms with Gasteiger partial charge in [0.05, 0.1) is 28.4 Å².